The average molecular weight is 1010 g/mol. The molecule has 0 aromatic heterocycles. The Morgan fingerprint density at radius 1 is 0.292 bits per heavy atom. The van der Waals surface area contributed by atoms with E-state index in [1.54, 1.807) is 0 Å². The van der Waals surface area contributed by atoms with Crippen molar-refractivity contribution in [1.82, 2.24) is 0 Å². The van der Waals surface area contributed by atoms with Crippen molar-refractivity contribution in [3.05, 3.63) is 48.6 Å². The highest BCUT2D eigenvalue weighted by atomic mass is 16.6. The molecule has 0 amide bonds. The molecule has 0 N–H and O–H groups in total. The summed E-state index contributed by atoms with van der Waals surface area (Å²) in [4.78, 5) is 38.3. The van der Waals surface area contributed by atoms with Crippen LogP contribution in [0, 0.1) is 0 Å². The maximum Gasteiger partial charge on any atom is 0.306 e. The van der Waals surface area contributed by atoms with Crippen LogP contribution < -0.4 is 0 Å². The molecule has 0 heterocycles. The van der Waals surface area contributed by atoms with Crippen molar-refractivity contribution >= 4 is 17.9 Å². The summed E-state index contributed by atoms with van der Waals surface area (Å²) in [6.45, 7) is 6.58. The van der Waals surface area contributed by atoms with Crippen molar-refractivity contribution < 1.29 is 28.6 Å². The lowest BCUT2D eigenvalue weighted by Crippen LogP contribution is -2.30. The van der Waals surface area contributed by atoms with Crippen LogP contribution in [-0.4, -0.2) is 37.2 Å². The molecule has 0 radical (unpaired) electrons. The predicted molar refractivity (Wildman–Crippen MR) is 312 cm³/mol. The quantitative estimate of drug-likeness (QED) is 0.0261. The van der Waals surface area contributed by atoms with Crippen LogP contribution in [0.25, 0.3) is 0 Å². The van der Waals surface area contributed by atoms with Crippen molar-refractivity contribution in [3.8, 4) is 0 Å². The van der Waals surface area contributed by atoms with E-state index in [0.29, 0.717) is 19.3 Å². The van der Waals surface area contributed by atoms with E-state index >= 15 is 0 Å². The van der Waals surface area contributed by atoms with Gasteiger partial charge in [0.2, 0.25) is 0 Å². The molecule has 0 saturated heterocycles. The minimum atomic E-state index is -0.776. The first kappa shape index (κ1) is 69.4. The molecule has 420 valence electrons. The van der Waals surface area contributed by atoms with Crippen LogP contribution in [0.4, 0.5) is 0 Å². The number of unbranched alkanes of at least 4 members (excludes halogenated alkanes) is 39. The van der Waals surface area contributed by atoms with Gasteiger partial charge in [-0.15, -0.1) is 0 Å². The second-order valence-electron chi connectivity index (χ2n) is 21.3. The Morgan fingerprint density at radius 3 is 0.847 bits per heavy atom. The number of esters is 3. The molecule has 72 heavy (non-hydrogen) atoms. The Kier molecular flexibility index (Phi) is 58.7. The van der Waals surface area contributed by atoms with E-state index in [1.807, 2.05) is 0 Å². The fraction of sp³-hybridized carbons (Fsp3) is 0.833. The van der Waals surface area contributed by atoms with E-state index < -0.39 is 6.10 Å². The number of hydrogen-bond donors (Lipinski definition) is 0. The fourth-order valence-corrected chi connectivity index (χ4v) is 9.38. The largest absolute Gasteiger partial charge is 0.462 e. The molecule has 0 aromatic carbocycles. The summed E-state index contributed by atoms with van der Waals surface area (Å²) in [5, 5.41) is 0. The van der Waals surface area contributed by atoms with Gasteiger partial charge in [0.05, 0.1) is 0 Å². The Hall–Kier alpha value is -2.63. The lowest BCUT2D eigenvalue weighted by atomic mass is 10.0. The highest BCUT2D eigenvalue weighted by Crippen LogP contribution is 2.18. The average Bonchev–Trinajstić information content (AvgIpc) is 3.38. The molecular formula is C66H120O6. The van der Waals surface area contributed by atoms with Crippen molar-refractivity contribution in [2.24, 2.45) is 0 Å². The zero-order chi connectivity index (χ0) is 52.2. The van der Waals surface area contributed by atoms with E-state index in [0.717, 1.165) is 89.9 Å². The van der Waals surface area contributed by atoms with Gasteiger partial charge in [0, 0.05) is 19.3 Å². The van der Waals surface area contributed by atoms with Gasteiger partial charge < -0.3 is 14.2 Å². The topological polar surface area (TPSA) is 78.9 Å². The molecule has 0 bridgehead atoms. The van der Waals surface area contributed by atoms with Gasteiger partial charge in [-0.2, -0.15) is 0 Å². The fourth-order valence-electron chi connectivity index (χ4n) is 9.38. The van der Waals surface area contributed by atoms with Gasteiger partial charge in [-0.05, 0) is 57.8 Å². The number of carbonyl (C=O) groups excluding carboxylic acids is 3. The maximum atomic E-state index is 12.9. The summed E-state index contributed by atoms with van der Waals surface area (Å²) in [5.41, 5.74) is 0. The van der Waals surface area contributed by atoms with Crippen molar-refractivity contribution in [2.75, 3.05) is 13.2 Å². The first-order valence-electron chi connectivity index (χ1n) is 31.6. The summed E-state index contributed by atoms with van der Waals surface area (Å²) in [6, 6.07) is 0. The lowest BCUT2D eigenvalue weighted by Gasteiger charge is -2.18. The molecule has 0 aliphatic heterocycles. The molecule has 6 nitrogen and oxygen atoms in total. The van der Waals surface area contributed by atoms with E-state index in [2.05, 4.69) is 69.4 Å². The van der Waals surface area contributed by atoms with Crippen LogP contribution >= 0.6 is 0 Å². The van der Waals surface area contributed by atoms with Crippen LogP contribution in [0.15, 0.2) is 48.6 Å². The lowest BCUT2D eigenvalue weighted by molar-refractivity contribution is -0.167. The zero-order valence-corrected chi connectivity index (χ0v) is 48.2. The molecule has 0 saturated carbocycles. The van der Waals surface area contributed by atoms with Crippen molar-refractivity contribution in [1.29, 1.82) is 0 Å². The number of allylic oxidation sites excluding steroid dienone is 8. The molecule has 0 aliphatic rings. The standard InChI is InChI=1S/C66H120O6/c1-4-7-10-13-16-19-22-25-28-31-33-35-38-41-44-47-50-53-56-59-65(68)71-62-63(61-70-64(67)58-55-52-49-46-43-40-37-30-27-24-21-18-15-12-9-6-3)72-66(69)60-57-54-51-48-45-42-39-36-34-32-29-26-23-20-17-14-11-8-5-2/h7,10,16,19,25,28,33,35,63H,4-6,8-9,11-15,17-18,20-24,26-27,29-32,34,36-62H2,1-3H3/b10-7-,19-16-,28-25-,35-33-. The second-order valence-corrected chi connectivity index (χ2v) is 21.3. The Bertz CT molecular complexity index is 1250. The summed E-state index contributed by atoms with van der Waals surface area (Å²) in [5.74, 6) is -0.863. The third-order valence-corrected chi connectivity index (χ3v) is 14.1. The van der Waals surface area contributed by atoms with Crippen LogP contribution in [0.2, 0.25) is 0 Å². The van der Waals surface area contributed by atoms with E-state index in [9.17, 15) is 14.4 Å². The molecule has 0 aliphatic carbocycles. The summed E-state index contributed by atoms with van der Waals surface area (Å²) < 4.78 is 16.9. The first-order chi connectivity index (χ1) is 35.5. The third-order valence-electron chi connectivity index (χ3n) is 14.1. The van der Waals surface area contributed by atoms with Crippen molar-refractivity contribution in [2.45, 2.75) is 341 Å². The van der Waals surface area contributed by atoms with Gasteiger partial charge in [-0.1, -0.05) is 307 Å². The molecule has 6 heteroatoms. The number of carbonyl (C=O) groups is 3. The van der Waals surface area contributed by atoms with Gasteiger partial charge in [0.15, 0.2) is 6.10 Å². The van der Waals surface area contributed by atoms with Gasteiger partial charge in [0.25, 0.3) is 0 Å². The van der Waals surface area contributed by atoms with E-state index in [-0.39, 0.29) is 31.1 Å². The predicted octanol–water partition coefficient (Wildman–Crippen LogP) is 21.4. The maximum absolute atomic E-state index is 12.9. The van der Waals surface area contributed by atoms with Crippen LogP contribution in [0.5, 0.6) is 0 Å². The highest BCUT2D eigenvalue weighted by molar-refractivity contribution is 5.71. The molecular weight excluding hydrogens is 889 g/mol. The van der Waals surface area contributed by atoms with Crippen LogP contribution in [-0.2, 0) is 28.6 Å². The first-order valence-corrected chi connectivity index (χ1v) is 31.6. The SMILES string of the molecule is CC/C=C\C/C=C\C/C=C\C/C=C\CCCCCCCCC(=O)OCC(COC(=O)CCCCCCCCCCCCCCCCCC)OC(=O)CCCCCCCCCCCCCCCCCCCCC. The third kappa shape index (κ3) is 58.3. The van der Waals surface area contributed by atoms with Gasteiger partial charge in [-0.25, -0.2) is 0 Å². The summed E-state index contributed by atoms with van der Waals surface area (Å²) in [6.07, 6.45) is 75.4. The van der Waals surface area contributed by atoms with E-state index in [4.69, 9.17) is 14.2 Å². The van der Waals surface area contributed by atoms with Gasteiger partial charge >= 0.3 is 17.9 Å². The minimum absolute atomic E-state index is 0.0726. The van der Waals surface area contributed by atoms with E-state index in [1.165, 1.54) is 205 Å². The Morgan fingerprint density at radius 2 is 0.542 bits per heavy atom. The number of rotatable bonds is 58. The highest BCUT2D eigenvalue weighted by Gasteiger charge is 2.19. The smallest absolute Gasteiger partial charge is 0.306 e. The molecule has 1 atom stereocenters. The minimum Gasteiger partial charge on any atom is -0.462 e. The second kappa shape index (κ2) is 60.9. The number of hydrogen-bond acceptors (Lipinski definition) is 6. The van der Waals surface area contributed by atoms with Crippen LogP contribution in [0.3, 0.4) is 0 Å². The van der Waals surface area contributed by atoms with Gasteiger partial charge in [-0.3, -0.25) is 14.4 Å². The zero-order valence-electron chi connectivity index (χ0n) is 48.2. The molecule has 0 spiro atoms. The molecule has 0 fully saturated rings. The van der Waals surface area contributed by atoms with Crippen LogP contribution in [0.1, 0.15) is 335 Å². The summed E-state index contributed by atoms with van der Waals surface area (Å²) >= 11 is 0. The van der Waals surface area contributed by atoms with Crippen molar-refractivity contribution in [3.63, 3.8) is 0 Å². The molecule has 1 unspecified atom stereocenters. The monoisotopic (exact) mass is 1010 g/mol. The Balaban J connectivity index is 4.35. The molecule has 0 rings (SSSR count). The summed E-state index contributed by atoms with van der Waals surface area (Å²) in [7, 11) is 0. The normalized spacial score (nSPS) is 12.3. The van der Waals surface area contributed by atoms with Gasteiger partial charge in [0.1, 0.15) is 13.2 Å². The number of ether oxygens (including phenoxy) is 3. The Labute approximate surface area is 448 Å². The molecule has 0 aromatic rings.